The average Bonchev–Trinajstić information content (AvgIpc) is 2.21. The molecule has 0 aliphatic heterocycles. The average molecular weight is 177 g/mol. The number of anilines is 1. The van der Waals surface area contributed by atoms with E-state index in [1.807, 2.05) is 18.2 Å². The summed E-state index contributed by atoms with van der Waals surface area (Å²) in [7, 11) is 0. The van der Waals surface area contributed by atoms with E-state index in [0.717, 1.165) is 12.1 Å². The van der Waals surface area contributed by atoms with E-state index in [1.54, 1.807) is 0 Å². The molecule has 0 fully saturated rings. The molecule has 0 unspecified atom stereocenters. The van der Waals surface area contributed by atoms with E-state index in [-0.39, 0.29) is 18.9 Å². The Bertz CT molecular complexity index is 316. The molecule has 1 aromatic carbocycles. The number of allylic oxidation sites excluding steroid dienone is 2. The fourth-order valence-corrected chi connectivity index (χ4v) is 1.31. The quantitative estimate of drug-likeness (QED) is 0.501. The molecule has 0 radical (unpaired) electrons. The number of rotatable bonds is 2. The molecule has 0 amide bonds. The van der Waals surface area contributed by atoms with Gasteiger partial charge in [0.25, 0.3) is 0 Å². The Balaban J connectivity index is 0.000000980. The molecular formula is C12H12LiN. The molecule has 0 saturated heterocycles. The Hall–Kier alpha value is -1.03. The zero-order valence-corrected chi connectivity index (χ0v) is 8.40. The summed E-state index contributed by atoms with van der Waals surface area (Å²) in [6.45, 7) is 0. The van der Waals surface area contributed by atoms with Crippen molar-refractivity contribution < 1.29 is 18.9 Å². The minimum absolute atomic E-state index is 0. The maximum atomic E-state index is 3.36. The third-order valence-corrected chi connectivity index (χ3v) is 1.96. The Morgan fingerprint density at radius 1 is 1.07 bits per heavy atom. The number of para-hydroxylation sites is 1. The molecule has 66 valence electrons. The van der Waals surface area contributed by atoms with Crippen molar-refractivity contribution in [2.45, 2.75) is 6.42 Å². The van der Waals surface area contributed by atoms with E-state index < -0.39 is 0 Å². The van der Waals surface area contributed by atoms with Gasteiger partial charge in [0.1, 0.15) is 0 Å². The Morgan fingerprint density at radius 3 is 2.50 bits per heavy atom. The van der Waals surface area contributed by atoms with E-state index in [1.165, 1.54) is 6.04 Å². The van der Waals surface area contributed by atoms with Crippen LogP contribution in [0.25, 0.3) is 0 Å². The van der Waals surface area contributed by atoms with Gasteiger partial charge in [-0.15, -0.1) is 18.2 Å². The number of nitrogens with one attached hydrogen (secondary N) is 1. The van der Waals surface area contributed by atoms with Crippen molar-refractivity contribution in [3.05, 3.63) is 60.7 Å². The second-order valence-electron chi connectivity index (χ2n) is 3.01. The molecule has 1 nitrogen and oxygen atoms in total. The molecule has 0 bridgehead atoms. The molecule has 0 atom stereocenters. The molecule has 2 rings (SSSR count). The zero-order valence-electron chi connectivity index (χ0n) is 8.40. The molecule has 14 heavy (non-hydrogen) atoms. The van der Waals surface area contributed by atoms with Crippen molar-refractivity contribution in [2.24, 2.45) is 0 Å². The fourth-order valence-electron chi connectivity index (χ4n) is 1.31. The zero-order chi connectivity index (χ0) is 8.93. The van der Waals surface area contributed by atoms with Gasteiger partial charge in [0.05, 0.1) is 0 Å². The van der Waals surface area contributed by atoms with Gasteiger partial charge in [0.15, 0.2) is 0 Å². The Labute approximate surface area is 97.1 Å². The summed E-state index contributed by atoms with van der Waals surface area (Å²) in [5, 5.41) is 3.36. The largest absolute Gasteiger partial charge is 1.00 e. The summed E-state index contributed by atoms with van der Waals surface area (Å²) < 4.78 is 0. The van der Waals surface area contributed by atoms with Crippen molar-refractivity contribution in [2.75, 3.05) is 5.32 Å². The van der Waals surface area contributed by atoms with Crippen molar-refractivity contribution in [3.63, 3.8) is 0 Å². The van der Waals surface area contributed by atoms with Gasteiger partial charge >= 0.3 is 18.9 Å². The van der Waals surface area contributed by atoms with Gasteiger partial charge in [-0.1, -0.05) is 24.6 Å². The summed E-state index contributed by atoms with van der Waals surface area (Å²) in [5.74, 6) is 0. The van der Waals surface area contributed by atoms with E-state index in [2.05, 4.69) is 41.8 Å². The van der Waals surface area contributed by atoms with Gasteiger partial charge < -0.3 is 5.32 Å². The van der Waals surface area contributed by atoms with Crippen LogP contribution >= 0.6 is 0 Å². The van der Waals surface area contributed by atoms with Crippen LogP contribution in [-0.4, -0.2) is 0 Å². The Morgan fingerprint density at radius 2 is 1.86 bits per heavy atom. The third kappa shape index (κ3) is 3.03. The Kier molecular flexibility index (Phi) is 4.45. The first-order valence-electron chi connectivity index (χ1n) is 4.46. The predicted octanol–water partition coefficient (Wildman–Crippen LogP) is 0.151. The van der Waals surface area contributed by atoms with Gasteiger partial charge in [-0.2, -0.15) is 0 Å². The van der Waals surface area contributed by atoms with E-state index in [0.29, 0.717) is 0 Å². The van der Waals surface area contributed by atoms with E-state index in [4.69, 9.17) is 0 Å². The van der Waals surface area contributed by atoms with Crippen LogP contribution in [0.4, 0.5) is 5.69 Å². The molecule has 0 saturated carbocycles. The molecule has 0 heterocycles. The van der Waals surface area contributed by atoms with Crippen LogP contribution in [0.2, 0.25) is 0 Å². The second-order valence-corrected chi connectivity index (χ2v) is 3.01. The van der Waals surface area contributed by atoms with Gasteiger partial charge in [-0.05, 0) is 12.1 Å². The molecule has 1 aliphatic carbocycles. The van der Waals surface area contributed by atoms with Crippen LogP contribution < -0.4 is 24.2 Å². The molecule has 1 N–H and O–H groups in total. The standard InChI is InChI=1S/C12H12N.Li/c1-3-7-11(8-4-1)13-12-9-5-2-6-10-12;/h1-9,13H,10H2;/q-1;+1. The second kappa shape index (κ2) is 5.65. The smallest absolute Gasteiger partial charge is 0.437 e. The number of hydrogen-bond acceptors (Lipinski definition) is 1. The van der Waals surface area contributed by atoms with Crippen molar-refractivity contribution in [3.8, 4) is 0 Å². The van der Waals surface area contributed by atoms with E-state index >= 15 is 0 Å². The van der Waals surface area contributed by atoms with Gasteiger partial charge in [0.2, 0.25) is 0 Å². The SMILES string of the molecule is C1=CC[C-](Nc2ccccc2)C=C1.[Li+]. The van der Waals surface area contributed by atoms with Gasteiger partial charge in [-0.3, -0.25) is 0 Å². The van der Waals surface area contributed by atoms with Crippen LogP contribution in [0.1, 0.15) is 6.42 Å². The van der Waals surface area contributed by atoms with Crippen molar-refractivity contribution in [1.29, 1.82) is 0 Å². The number of benzene rings is 1. The summed E-state index contributed by atoms with van der Waals surface area (Å²) in [5.41, 5.74) is 1.15. The number of hydrogen-bond donors (Lipinski definition) is 1. The topological polar surface area (TPSA) is 12.0 Å². The van der Waals surface area contributed by atoms with Gasteiger partial charge in [-0.25, -0.2) is 12.2 Å². The maximum absolute atomic E-state index is 3.36. The minimum Gasteiger partial charge on any atom is -0.437 e. The van der Waals surface area contributed by atoms with Crippen LogP contribution in [0.15, 0.2) is 54.6 Å². The van der Waals surface area contributed by atoms with Crippen LogP contribution in [0.5, 0.6) is 0 Å². The summed E-state index contributed by atoms with van der Waals surface area (Å²) in [6.07, 6.45) is 9.36. The molecule has 0 aromatic heterocycles. The predicted molar refractivity (Wildman–Crippen MR) is 56.2 cm³/mol. The first kappa shape index (κ1) is 11.0. The minimum atomic E-state index is 0. The summed E-state index contributed by atoms with van der Waals surface area (Å²) in [6, 6.07) is 11.5. The first-order valence-corrected chi connectivity index (χ1v) is 4.46. The van der Waals surface area contributed by atoms with E-state index in [9.17, 15) is 0 Å². The molecule has 1 aliphatic rings. The van der Waals surface area contributed by atoms with Crippen LogP contribution in [-0.2, 0) is 0 Å². The van der Waals surface area contributed by atoms with Crippen LogP contribution in [0.3, 0.4) is 0 Å². The molecule has 0 spiro atoms. The maximum Gasteiger partial charge on any atom is 1.00 e. The molecule has 1 aromatic rings. The molecule has 2 heteroatoms. The fraction of sp³-hybridized carbons (Fsp3) is 0.0833. The van der Waals surface area contributed by atoms with Crippen molar-refractivity contribution in [1.82, 2.24) is 0 Å². The first-order chi connectivity index (χ1) is 6.45. The summed E-state index contributed by atoms with van der Waals surface area (Å²) >= 11 is 0. The van der Waals surface area contributed by atoms with Crippen LogP contribution in [0, 0.1) is 6.04 Å². The van der Waals surface area contributed by atoms with Crippen molar-refractivity contribution >= 4 is 5.69 Å². The van der Waals surface area contributed by atoms with Gasteiger partial charge in [0, 0.05) is 5.69 Å². The summed E-state index contributed by atoms with van der Waals surface area (Å²) in [4.78, 5) is 0. The normalized spacial score (nSPS) is 13.6. The monoisotopic (exact) mass is 177 g/mol. The third-order valence-electron chi connectivity index (χ3n) is 1.96. The molecular weight excluding hydrogens is 165 g/mol.